The lowest BCUT2D eigenvalue weighted by molar-refractivity contribution is 0.102. The van der Waals surface area contributed by atoms with Gasteiger partial charge in [0.05, 0.1) is 18.3 Å². The Bertz CT molecular complexity index is 1080. The summed E-state index contributed by atoms with van der Waals surface area (Å²) >= 11 is 6.18. The van der Waals surface area contributed by atoms with E-state index in [2.05, 4.69) is 20.6 Å². The number of halogens is 1. The van der Waals surface area contributed by atoms with Crippen molar-refractivity contribution in [1.82, 2.24) is 20.0 Å². The van der Waals surface area contributed by atoms with Gasteiger partial charge in [0, 0.05) is 22.8 Å². The SMILES string of the molecule is O=C(Nc1cn(Cc2ccccc2)nn1)c1cncc2c(Cl)cccc12. The monoisotopic (exact) mass is 363 g/mol. The molecule has 0 unspecified atom stereocenters. The van der Waals surface area contributed by atoms with E-state index in [9.17, 15) is 4.79 Å². The lowest BCUT2D eigenvalue weighted by Gasteiger charge is -2.06. The molecule has 1 N–H and O–H groups in total. The largest absolute Gasteiger partial charge is 0.304 e. The fourth-order valence-corrected chi connectivity index (χ4v) is 2.95. The Morgan fingerprint density at radius 1 is 1.04 bits per heavy atom. The summed E-state index contributed by atoms with van der Waals surface area (Å²) in [7, 11) is 0. The molecule has 1 amide bonds. The van der Waals surface area contributed by atoms with Gasteiger partial charge in [-0.05, 0) is 17.0 Å². The molecule has 0 saturated heterocycles. The predicted octanol–water partition coefficient (Wildman–Crippen LogP) is 3.78. The van der Waals surface area contributed by atoms with Gasteiger partial charge in [-0.25, -0.2) is 4.68 Å². The number of hydrogen-bond donors (Lipinski definition) is 1. The van der Waals surface area contributed by atoms with Gasteiger partial charge in [0.15, 0.2) is 5.82 Å². The maximum Gasteiger partial charge on any atom is 0.259 e. The summed E-state index contributed by atoms with van der Waals surface area (Å²) in [5, 5.41) is 12.8. The van der Waals surface area contributed by atoms with Crippen molar-refractivity contribution in [2.75, 3.05) is 5.32 Å². The van der Waals surface area contributed by atoms with E-state index in [1.807, 2.05) is 36.4 Å². The average Bonchev–Trinajstić information content (AvgIpc) is 3.09. The summed E-state index contributed by atoms with van der Waals surface area (Å²) in [6.45, 7) is 0.579. The number of carbonyl (C=O) groups is 1. The van der Waals surface area contributed by atoms with Crippen LogP contribution in [0.2, 0.25) is 5.02 Å². The quantitative estimate of drug-likeness (QED) is 0.599. The van der Waals surface area contributed by atoms with Crippen molar-refractivity contribution in [2.24, 2.45) is 0 Å². The minimum absolute atomic E-state index is 0.308. The van der Waals surface area contributed by atoms with Gasteiger partial charge in [-0.2, -0.15) is 0 Å². The van der Waals surface area contributed by atoms with E-state index in [0.717, 1.165) is 16.3 Å². The van der Waals surface area contributed by atoms with Crippen molar-refractivity contribution in [3.05, 3.63) is 83.3 Å². The Morgan fingerprint density at radius 3 is 2.73 bits per heavy atom. The number of fused-ring (bicyclic) bond motifs is 1. The third kappa shape index (κ3) is 3.27. The average molecular weight is 364 g/mol. The van der Waals surface area contributed by atoms with Crippen LogP contribution in [0, 0.1) is 0 Å². The van der Waals surface area contributed by atoms with Gasteiger partial charge in [-0.15, -0.1) is 5.10 Å². The Balaban J connectivity index is 1.55. The molecule has 26 heavy (non-hydrogen) atoms. The highest BCUT2D eigenvalue weighted by molar-refractivity contribution is 6.36. The first-order chi connectivity index (χ1) is 12.7. The molecule has 128 valence electrons. The van der Waals surface area contributed by atoms with Gasteiger partial charge in [0.1, 0.15) is 0 Å². The number of nitrogens with one attached hydrogen (secondary N) is 1. The standard InChI is InChI=1S/C19H14ClN5O/c20-17-8-4-7-14-15(17)9-21-10-16(14)19(26)22-18-12-25(24-23-18)11-13-5-2-1-3-6-13/h1-10,12H,11H2,(H,22,26). The first-order valence-corrected chi connectivity index (χ1v) is 8.36. The van der Waals surface area contributed by atoms with Crippen LogP contribution in [0.5, 0.6) is 0 Å². The number of anilines is 1. The van der Waals surface area contributed by atoms with Gasteiger partial charge < -0.3 is 5.32 Å². The number of rotatable bonds is 4. The van der Waals surface area contributed by atoms with E-state index < -0.39 is 0 Å². The van der Waals surface area contributed by atoms with E-state index in [1.54, 1.807) is 29.2 Å². The molecule has 7 heteroatoms. The lowest BCUT2D eigenvalue weighted by Crippen LogP contribution is -2.13. The fraction of sp³-hybridized carbons (Fsp3) is 0.0526. The first kappa shape index (κ1) is 16.2. The fourth-order valence-electron chi connectivity index (χ4n) is 2.73. The zero-order valence-electron chi connectivity index (χ0n) is 13.6. The highest BCUT2D eigenvalue weighted by Gasteiger charge is 2.14. The van der Waals surface area contributed by atoms with E-state index in [0.29, 0.717) is 22.9 Å². The van der Waals surface area contributed by atoms with E-state index in [-0.39, 0.29) is 5.91 Å². The summed E-state index contributed by atoms with van der Waals surface area (Å²) < 4.78 is 1.67. The van der Waals surface area contributed by atoms with Gasteiger partial charge in [0.2, 0.25) is 0 Å². The van der Waals surface area contributed by atoms with E-state index in [4.69, 9.17) is 11.6 Å². The number of hydrogen-bond acceptors (Lipinski definition) is 4. The summed E-state index contributed by atoms with van der Waals surface area (Å²) in [5.41, 5.74) is 1.53. The van der Waals surface area contributed by atoms with Crippen LogP contribution in [0.4, 0.5) is 5.82 Å². The van der Waals surface area contributed by atoms with Crippen LogP contribution in [0.25, 0.3) is 10.8 Å². The maximum atomic E-state index is 12.6. The van der Waals surface area contributed by atoms with Crippen molar-refractivity contribution in [3.63, 3.8) is 0 Å². The van der Waals surface area contributed by atoms with Gasteiger partial charge in [0.25, 0.3) is 5.91 Å². The van der Waals surface area contributed by atoms with Crippen LogP contribution in [0.3, 0.4) is 0 Å². The molecule has 4 rings (SSSR count). The molecule has 0 saturated carbocycles. The smallest absolute Gasteiger partial charge is 0.259 e. The molecular weight excluding hydrogens is 350 g/mol. The van der Waals surface area contributed by atoms with E-state index >= 15 is 0 Å². The van der Waals surface area contributed by atoms with Crippen LogP contribution in [-0.2, 0) is 6.54 Å². The molecule has 2 heterocycles. The summed E-state index contributed by atoms with van der Waals surface area (Å²) in [4.78, 5) is 16.7. The van der Waals surface area contributed by atoms with Crippen molar-refractivity contribution >= 4 is 34.1 Å². The number of carbonyl (C=O) groups excluding carboxylic acids is 1. The molecule has 0 radical (unpaired) electrons. The van der Waals surface area contributed by atoms with Crippen molar-refractivity contribution in [1.29, 1.82) is 0 Å². The normalized spacial score (nSPS) is 10.8. The topological polar surface area (TPSA) is 72.7 Å². The number of pyridine rings is 1. The van der Waals surface area contributed by atoms with Crippen molar-refractivity contribution in [3.8, 4) is 0 Å². The molecule has 0 spiro atoms. The van der Waals surface area contributed by atoms with Gasteiger partial charge >= 0.3 is 0 Å². The van der Waals surface area contributed by atoms with Crippen LogP contribution >= 0.6 is 11.6 Å². The lowest BCUT2D eigenvalue weighted by atomic mass is 10.1. The Morgan fingerprint density at radius 2 is 1.88 bits per heavy atom. The molecule has 0 bridgehead atoms. The Kier molecular flexibility index (Phi) is 4.33. The molecule has 0 aliphatic carbocycles. The molecule has 0 fully saturated rings. The summed E-state index contributed by atoms with van der Waals surface area (Å²) in [6.07, 6.45) is 4.85. The highest BCUT2D eigenvalue weighted by Crippen LogP contribution is 2.25. The van der Waals surface area contributed by atoms with Crippen LogP contribution in [0.1, 0.15) is 15.9 Å². The molecule has 2 aromatic heterocycles. The van der Waals surface area contributed by atoms with Crippen LogP contribution in [0.15, 0.2) is 67.1 Å². The molecule has 2 aromatic carbocycles. The molecular formula is C19H14ClN5O. The molecule has 0 atom stereocenters. The highest BCUT2D eigenvalue weighted by atomic mass is 35.5. The Labute approximate surface area is 154 Å². The summed E-state index contributed by atoms with van der Waals surface area (Å²) in [5.74, 6) is 0.0714. The third-order valence-electron chi connectivity index (χ3n) is 3.96. The predicted molar refractivity (Wildman–Crippen MR) is 100 cm³/mol. The van der Waals surface area contributed by atoms with Gasteiger partial charge in [-0.3, -0.25) is 9.78 Å². The number of aromatic nitrogens is 4. The molecule has 6 nitrogen and oxygen atoms in total. The minimum atomic E-state index is -0.308. The van der Waals surface area contributed by atoms with Crippen molar-refractivity contribution < 1.29 is 4.79 Å². The summed E-state index contributed by atoms with van der Waals surface area (Å²) in [6, 6.07) is 15.3. The third-order valence-corrected chi connectivity index (χ3v) is 4.29. The van der Waals surface area contributed by atoms with Gasteiger partial charge in [-0.1, -0.05) is 59.3 Å². The second-order valence-electron chi connectivity index (χ2n) is 5.76. The maximum absolute atomic E-state index is 12.6. The molecule has 0 aliphatic rings. The minimum Gasteiger partial charge on any atom is -0.304 e. The zero-order valence-corrected chi connectivity index (χ0v) is 14.4. The van der Waals surface area contributed by atoms with Crippen LogP contribution < -0.4 is 5.32 Å². The second kappa shape index (κ2) is 6.93. The first-order valence-electron chi connectivity index (χ1n) is 7.98. The van der Waals surface area contributed by atoms with Crippen LogP contribution in [-0.4, -0.2) is 25.9 Å². The number of benzene rings is 2. The number of nitrogens with zero attached hydrogens (tertiary/aromatic N) is 4. The zero-order chi connectivity index (χ0) is 17.9. The second-order valence-corrected chi connectivity index (χ2v) is 6.17. The van der Waals surface area contributed by atoms with Crippen molar-refractivity contribution in [2.45, 2.75) is 6.54 Å². The molecule has 0 aliphatic heterocycles. The number of amides is 1. The molecule has 4 aromatic rings. The Hall–Kier alpha value is -3.25. The van der Waals surface area contributed by atoms with E-state index in [1.165, 1.54) is 6.20 Å².